The van der Waals surface area contributed by atoms with Crippen LogP contribution in [0.1, 0.15) is 35.4 Å². The number of benzene rings is 2. The van der Waals surface area contributed by atoms with Crippen LogP contribution >= 0.6 is 0 Å². The normalized spacial score (nSPS) is 16.4. The van der Waals surface area contributed by atoms with Crippen LogP contribution in [0.4, 0.5) is 13.2 Å². The molecule has 3 N–H and O–H groups in total. The van der Waals surface area contributed by atoms with E-state index in [0.717, 1.165) is 55.0 Å². The van der Waals surface area contributed by atoms with Crippen molar-refractivity contribution in [3.8, 4) is 11.4 Å². The summed E-state index contributed by atoms with van der Waals surface area (Å²) in [6, 6.07) is 11.9. The number of halogens is 3. The Morgan fingerprint density at radius 1 is 1.03 bits per heavy atom. The standard InChI is InChI=1S/C25H29F3N4O2S/c1-17-22(32-23(31-17)19-5-7-20(8-6-19)25(26,27)28)15-24(11-13-29-14-12-24)30-16-18-3-9-21(10-4-18)35(2,33)34/h3-10,29-30H,11-16H2,1-2H3,(H,31,32). The second-order valence-corrected chi connectivity index (χ2v) is 11.2. The number of alkyl halides is 3. The van der Waals surface area contributed by atoms with Crippen molar-refractivity contribution in [2.75, 3.05) is 19.3 Å². The summed E-state index contributed by atoms with van der Waals surface area (Å²) in [6.45, 7) is 4.22. The molecule has 0 spiro atoms. The van der Waals surface area contributed by atoms with Crippen LogP contribution in [-0.4, -0.2) is 43.3 Å². The molecule has 4 rings (SSSR count). The summed E-state index contributed by atoms with van der Waals surface area (Å²) in [4.78, 5) is 8.26. The maximum Gasteiger partial charge on any atom is 0.416 e. The fourth-order valence-electron chi connectivity index (χ4n) is 4.41. The highest BCUT2D eigenvalue weighted by Gasteiger charge is 2.33. The van der Waals surface area contributed by atoms with Crippen LogP contribution in [-0.2, 0) is 29.0 Å². The lowest BCUT2D eigenvalue weighted by molar-refractivity contribution is -0.137. The van der Waals surface area contributed by atoms with E-state index in [9.17, 15) is 21.6 Å². The number of hydrogen-bond donors (Lipinski definition) is 3. The molecule has 1 fully saturated rings. The van der Waals surface area contributed by atoms with E-state index in [1.54, 1.807) is 12.1 Å². The number of aromatic nitrogens is 2. The molecule has 0 radical (unpaired) electrons. The van der Waals surface area contributed by atoms with Gasteiger partial charge in [-0.1, -0.05) is 24.3 Å². The van der Waals surface area contributed by atoms with Crippen molar-refractivity contribution in [1.82, 2.24) is 20.6 Å². The van der Waals surface area contributed by atoms with Gasteiger partial charge in [-0.3, -0.25) is 0 Å². The van der Waals surface area contributed by atoms with Crippen molar-refractivity contribution in [2.24, 2.45) is 0 Å². The molecule has 2 heterocycles. The topological polar surface area (TPSA) is 86.9 Å². The highest BCUT2D eigenvalue weighted by atomic mass is 32.2. The molecular formula is C25H29F3N4O2S. The van der Waals surface area contributed by atoms with Gasteiger partial charge in [0.1, 0.15) is 5.82 Å². The molecule has 3 aromatic rings. The molecule has 6 nitrogen and oxygen atoms in total. The van der Waals surface area contributed by atoms with Crippen molar-refractivity contribution in [2.45, 2.75) is 49.3 Å². The smallest absolute Gasteiger partial charge is 0.342 e. The van der Waals surface area contributed by atoms with Gasteiger partial charge in [-0.05, 0) is 62.7 Å². The summed E-state index contributed by atoms with van der Waals surface area (Å²) in [5.41, 5.74) is 2.45. The summed E-state index contributed by atoms with van der Waals surface area (Å²) < 4.78 is 62.1. The number of sulfone groups is 1. The van der Waals surface area contributed by atoms with Crippen LogP contribution in [0.15, 0.2) is 53.4 Å². The van der Waals surface area contributed by atoms with Gasteiger partial charge in [0.15, 0.2) is 9.84 Å². The van der Waals surface area contributed by atoms with Crippen LogP contribution in [0.5, 0.6) is 0 Å². The lowest BCUT2D eigenvalue weighted by atomic mass is 9.83. The molecule has 0 bridgehead atoms. The quantitative estimate of drug-likeness (QED) is 0.446. The third kappa shape index (κ3) is 6.12. The first kappa shape index (κ1) is 25.4. The van der Waals surface area contributed by atoms with Gasteiger partial charge >= 0.3 is 6.18 Å². The van der Waals surface area contributed by atoms with Gasteiger partial charge in [0.25, 0.3) is 0 Å². The van der Waals surface area contributed by atoms with E-state index in [4.69, 9.17) is 4.98 Å². The molecule has 1 aromatic heterocycles. The maximum atomic E-state index is 12.9. The number of aromatic amines is 1. The van der Waals surface area contributed by atoms with E-state index in [1.165, 1.54) is 18.4 Å². The van der Waals surface area contributed by atoms with Gasteiger partial charge in [0, 0.05) is 36.0 Å². The first-order valence-electron chi connectivity index (χ1n) is 11.4. The number of H-pyrrole nitrogens is 1. The van der Waals surface area contributed by atoms with Crippen LogP contribution in [0.25, 0.3) is 11.4 Å². The fourth-order valence-corrected chi connectivity index (χ4v) is 5.04. The number of piperidine rings is 1. The van der Waals surface area contributed by atoms with Crippen LogP contribution in [0, 0.1) is 6.92 Å². The minimum Gasteiger partial charge on any atom is -0.342 e. The van der Waals surface area contributed by atoms with E-state index < -0.39 is 21.6 Å². The Morgan fingerprint density at radius 3 is 2.23 bits per heavy atom. The molecule has 1 aliphatic rings. The van der Waals surface area contributed by atoms with E-state index in [0.29, 0.717) is 29.2 Å². The third-order valence-corrected chi connectivity index (χ3v) is 7.69. The monoisotopic (exact) mass is 506 g/mol. The molecule has 10 heteroatoms. The Bertz CT molecular complexity index is 1260. The predicted octanol–water partition coefficient (Wildman–Crippen LogP) is 4.26. The van der Waals surface area contributed by atoms with E-state index in [-0.39, 0.29) is 5.54 Å². The van der Waals surface area contributed by atoms with E-state index in [1.807, 2.05) is 19.1 Å². The first-order valence-corrected chi connectivity index (χ1v) is 13.3. The van der Waals surface area contributed by atoms with Gasteiger partial charge in [-0.25, -0.2) is 13.4 Å². The molecule has 0 saturated carbocycles. The maximum absolute atomic E-state index is 12.9. The summed E-state index contributed by atoms with van der Waals surface area (Å²) in [7, 11) is -3.24. The molecule has 0 amide bonds. The van der Waals surface area contributed by atoms with Crippen molar-refractivity contribution in [3.63, 3.8) is 0 Å². The van der Waals surface area contributed by atoms with Gasteiger partial charge in [0.05, 0.1) is 16.2 Å². The number of imidazole rings is 1. The average molecular weight is 507 g/mol. The molecule has 188 valence electrons. The number of nitrogens with one attached hydrogen (secondary N) is 3. The molecule has 2 aromatic carbocycles. The lowest BCUT2D eigenvalue weighted by Crippen LogP contribution is -2.53. The molecular weight excluding hydrogens is 477 g/mol. The highest BCUT2D eigenvalue weighted by Crippen LogP contribution is 2.31. The van der Waals surface area contributed by atoms with Gasteiger partial charge in [0.2, 0.25) is 0 Å². The molecule has 1 saturated heterocycles. The summed E-state index contributed by atoms with van der Waals surface area (Å²) >= 11 is 0. The van der Waals surface area contributed by atoms with Crippen LogP contribution in [0.3, 0.4) is 0 Å². The molecule has 0 unspecified atom stereocenters. The molecule has 0 atom stereocenters. The number of rotatable bonds is 7. The van der Waals surface area contributed by atoms with Crippen molar-refractivity contribution >= 4 is 9.84 Å². The number of aryl methyl sites for hydroxylation is 1. The van der Waals surface area contributed by atoms with Crippen molar-refractivity contribution in [1.29, 1.82) is 0 Å². The summed E-state index contributed by atoms with van der Waals surface area (Å²) in [5, 5.41) is 7.07. The zero-order chi connectivity index (χ0) is 25.3. The Kier molecular flexibility index (Phi) is 7.08. The third-order valence-electron chi connectivity index (χ3n) is 6.56. The van der Waals surface area contributed by atoms with Gasteiger partial charge in [-0.2, -0.15) is 13.2 Å². The first-order chi connectivity index (χ1) is 16.5. The largest absolute Gasteiger partial charge is 0.416 e. The van der Waals surface area contributed by atoms with E-state index in [2.05, 4.69) is 15.6 Å². The minimum absolute atomic E-state index is 0.210. The Hall–Kier alpha value is -2.69. The van der Waals surface area contributed by atoms with Crippen LogP contribution < -0.4 is 10.6 Å². The van der Waals surface area contributed by atoms with Gasteiger partial charge < -0.3 is 15.6 Å². The summed E-state index contributed by atoms with van der Waals surface area (Å²) in [5.74, 6) is 0.548. The second-order valence-electron chi connectivity index (χ2n) is 9.21. The second kappa shape index (κ2) is 9.75. The molecule has 35 heavy (non-hydrogen) atoms. The van der Waals surface area contributed by atoms with Crippen molar-refractivity contribution in [3.05, 3.63) is 71.0 Å². The fraction of sp³-hybridized carbons (Fsp3) is 0.400. The number of hydrogen-bond acceptors (Lipinski definition) is 5. The summed E-state index contributed by atoms with van der Waals surface area (Å²) in [6.07, 6.45) is -0.748. The predicted molar refractivity (Wildman–Crippen MR) is 129 cm³/mol. The Labute approximate surface area is 203 Å². The Balaban J connectivity index is 1.51. The SMILES string of the molecule is Cc1[nH]c(-c2ccc(C(F)(F)F)cc2)nc1CC1(NCc2ccc(S(C)(=O)=O)cc2)CCNCC1. The zero-order valence-corrected chi connectivity index (χ0v) is 20.5. The lowest BCUT2D eigenvalue weighted by Gasteiger charge is -2.38. The van der Waals surface area contributed by atoms with E-state index >= 15 is 0 Å². The van der Waals surface area contributed by atoms with Crippen LogP contribution in [0.2, 0.25) is 0 Å². The minimum atomic E-state index is -4.37. The number of nitrogens with zero attached hydrogens (tertiary/aromatic N) is 1. The Morgan fingerprint density at radius 2 is 1.66 bits per heavy atom. The average Bonchev–Trinajstić information content (AvgIpc) is 3.17. The molecule has 1 aliphatic heterocycles. The zero-order valence-electron chi connectivity index (χ0n) is 19.7. The highest BCUT2D eigenvalue weighted by molar-refractivity contribution is 7.90. The van der Waals surface area contributed by atoms with Crippen molar-refractivity contribution < 1.29 is 21.6 Å². The molecule has 0 aliphatic carbocycles. The van der Waals surface area contributed by atoms with Gasteiger partial charge in [-0.15, -0.1) is 0 Å².